The van der Waals surface area contributed by atoms with Crippen LogP contribution in [0.5, 0.6) is 0 Å². The molecule has 3 N–H and O–H groups in total. The van der Waals surface area contributed by atoms with E-state index < -0.39 is 5.97 Å². The number of pyridine rings is 1. The van der Waals surface area contributed by atoms with Crippen molar-refractivity contribution in [1.29, 1.82) is 0 Å². The van der Waals surface area contributed by atoms with Gasteiger partial charge >= 0.3 is 5.97 Å². The Kier molecular flexibility index (Phi) is 6.06. The van der Waals surface area contributed by atoms with Crippen molar-refractivity contribution >= 4 is 52.2 Å². The lowest BCUT2D eigenvalue weighted by atomic mass is 10.1. The Labute approximate surface area is 172 Å². The van der Waals surface area contributed by atoms with Crippen LogP contribution in [-0.2, 0) is 6.54 Å². The lowest BCUT2D eigenvalue weighted by Crippen LogP contribution is -2.06. The van der Waals surface area contributed by atoms with Crippen LogP contribution in [0.15, 0.2) is 36.5 Å². The van der Waals surface area contributed by atoms with Crippen molar-refractivity contribution in [1.82, 2.24) is 14.8 Å². The Balaban J connectivity index is 1.90. The summed E-state index contributed by atoms with van der Waals surface area (Å²) in [5.41, 5.74) is 1.84. The first kappa shape index (κ1) is 20.0. The van der Waals surface area contributed by atoms with Gasteiger partial charge in [-0.2, -0.15) is 5.10 Å². The lowest BCUT2D eigenvalue weighted by molar-refractivity contribution is 0.0698. The Morgan fingerprint density at radius 1 is 1.18 bits per heavy atom. The quantitative estimate of drug-likeness (QED) is 0.468. The van der Waals surface area contributed by atoms with Gasteiger partial charge in [0.05, 0.1) is 33.9 Å². The molecule has 0 bridgehead atoms. The monoisotopic (exact) mass is 419 g/mol. The SMILES string of the molecule is CCCn1nc(C)cc1Nc1cc(Nc2ccc(Cl)cc2C(=O)O)c(Cl)cn1. The summed E-state index contributed by atoms with van der Waals surface area (Å²) in [5.74, 6) is 0.278. The molecule has 0 fully saturated rings. The number of carboxylic acids is 1. The topological polar surface area (TPSA) is 92.1 Å². The molecule has 0 aliphatic heterocycles. The van der Waals surface area contributed by atoms with Gasteiger partial charge in [-0.3, -0.25) is 0 Å². The highest BCUT2D eigenvalue weighted by molar-refractivity contribution is 6.33. The maximum absolute atomic E-state index is 11.5. The zero-order valence-electron chi connectivity index (χ0n) is 15.3. The molecule has 0 amide bonds. The minimum atomic E-state index is -1.09. The minimum Gasteiger partial charge on any atom is -0.478 e. The predicted octanol–water partition coefficient (Wildman–Crippen LogP) is 5.49. The fourth-order valence-corrected chi connectivity index (χ4v) is 3.03. The summed E-state index contributed by atoms with van der Waals surface area (Å²) in [5, 5.41) is 20.8. The van der Waals surface area contributed by atoms with Crippen molar-refractivity contribution in [3.8, 4) is 0 Å². The van der Waals surface area contributed by atoms with Crippen LogP contribution in [0.1, 0.15) is 29.4 Å². The van der Waals surface area contributed by atoms with Crippen LogP contribution in [0.3, 0.4) is 0 Å². The van der Waals surface area contributed by atoms with Crippen LogP contribution in [0, 0.1) is 6.92 Å². The van der Waals surface area contributed by atoms with Crippen molar-refractivity contribution in [2.75, 3.05) is 10.6 Å². The van der Waals surface area contributed by atoms with Gasteiger partial charge in [-0.1, -0.05) is 30.1 Å². The Bertz CT molecular complexity index is 1020. The number of nitrogens with one attached hydrogen (secondary N) is 2. The zero-order valence-corrected chi connectivity index (χ0v) is 16.8. The number of benzene rings is 1. The Morgan fingerprint density at radius 3 is 2.68 bits per heavy atom. The van der Waals surface area contributed by atoms with E-state index in [2.05, 4.69) is 27.6 Å². The maximum Gasteiger partial charge on any atom is 0.337 e. The highest BCUT2D eigenvalue weighted by Crippen LogP contribution is 2.31. The summed E-state index contributed by atoms with van der Waals surface area (Å²) in [4.78, 5) is 15.8. The first-order chi connectivity index (χ1) is 13.4. The van der Waals surface area contributed by atoms with Crippen molar-refractivity contribution in [2.24, 2.45) is 0 Å². The van der Waals surface area contributed by atoms with Gasteiger partial charge in [0.2, 0.25) is 0 Å². The van der Waals surface area contributed by atoms with E-state index in [1.165, 1.54) is 12.3 Å². The number of nitrogens with zero attached hydrogens (tertiary/aromatic N) is 3. The first-order valence-electron chi connectivity index (χ1n) is 8.64. The number of rotatable bonds is 7. The molecule has 0 aliphatic carbocycles. The van der Waals surface area contributed by atoms with Gasteiger partial charge in [0, 0.05) is 23.7 Å². The second-order valence-corrected chi connectivity index (χ2v) is 7.03. The first-order valence-corrected chi connectivity index (χ1v) is 9.40. The average molecular weight is 420 g/mol. The molecule has 1 aromatic carbocycles. The van der Waals surface area contributed by atoms with Gasteiger partial charge in [-0.25, -0.2) is 14.5 Å². The molecule has 7 nitrogen and oxygen atoms in total. The fourth-order valence-electron chi connectivity index (χ4n) is 2.71. The van der Waals surface area contributed by atoms with E-state index in [0.29, 0.717) is 27.2 Å². The fraction of sp³-hybridized carbons (Fsp3) is 0.211. The molecule has 0 saturated heterocycles. The minimum absolute atomic E-state index is 0.0477. The van der Waals surface area contributed by atoms with Crippen LogP contribution in [-0.4, -0.2) is 25.8 Å². The second kappa shape index (κ2) is 8.50. The number of aromatic nitrogens is 3. The molecule has 0 saturated carbocycles. The van der Waals surface area contributed by atoms with Crippen LogP contribution in [0.2, 0.25) is 10.0 Å². The third-order valence-electron chi connectivity index (χ3n) is 3.93. The summed E-state index contributed by atoms with van der Waals surface area (Å²) in [6.07, 6.45) is 2.45. The number of carboxylic acid groups (broad SMARTS) is 1. The molecule has 2 heterocycles. The molecule has 0 radical (unpaired) electrons. The summed E-state index contributed by atoms with van der Waals surface area (Å²) >= 11 is 12.2. The molecule has 3 aromatic rings. The Morgan fingerprint density at radius 2 is 1.96 bits per heavy atom. The van der Waals surface area contributed by atoms with Crippen molar-refractivity contribution in [3.63, 3.8) is 0 Å². The predicted molar refractivity (Wildman–Crippen MR) is 111 cm³/mol. The molecule has 0 aliphatic rings. The van der Waals surface area contributed by atoms with Gasteiger partial charge < -0.3 is 15.7 Å². The summed E-state index contributed by atoms with van der Waals surface area (Å²) in [6, 6.07) is 8.22. The van der Waals surface area contributed by atoms with Crippen molar-refractivity contribution < 1.29 is 9.90 Å². The van der Waals surface area contributed by atoms with E-state index in [1.54, 1.807) is 18.2 Å². The van der Waals surface area contributed by atoms with Gasteiger partial charge in [-0.05, 0) is 31.5 Å². The van der Waals surface area contributed by atoms with Gasteiger partial charge in [0.15, 0.2) is 0 Å². The third kappa shape index (κ3) is 4.55. The molecule has 0 atom stereocenters. The van der Waals surface area contributed by atoms with Gasteiger partial charge in [-0.15, -0.1) is 0 Å². The molecule has 28 heavy (non-hydrogen) atoms. The zero-order chi connectivity index (χ0) is 20.3. The maximum atomic E-state index is 11.5. The molecule has 146 valence electrons. The molecular formula is C19H19Cl2N5O2. The van der Waals surface area contributed by atoms with E-state index in [-0.39, 0.29) is 5.56 Å². The van der Waals surface area contributed by atoms with E-state index in [1.807, 2.05) is 17.7 Å². The van der Waals surface area contributed by atoms with Crippen LogP contribution in [0.25, 0.3) is 0 Å². The number of aryl methyl sites for hydroxylation is 2. The van der Waals surface area contributed by atoms with Crippen LogP contribution >= 0.6 is 23.2 Å². The number of hydrogen-bond donors (Lipinski definition) is 3. The largest absolute Gasteiger partial charge is 0.478 e. The average Bonchev–Trinajstić information content (AvgIpc) is 2.98. The third-order valence-corrected chi connectivity index (χ3v) is 4.47. The lowest BCUT2D eigenvalue weighted by Gasteiger charge is -2.13. The van der Waals surface area contributed by atoms with Crippen molar-refractivity contribution in [3.05, 3.63) is 57.8 Å². The van der Waals surface area contributed by atoms with E-state index in [4.69, 9.17) is 23.2 Å². The molecular weight excluding hydrogens is 401 g/mol. The van der Waals surface area contributed by atoms with E-state index in [0.717, 1.165) is 24.5 Å². The molecule has 3 rings (SSSR count). The molecule has 2 aromatic heterocycles. The number of halogens is 2. The van der Waals surface area contributed by atoms with Crippen LogP contribution < -0.4 is 10.6 Å². The number of aromatic carboxylic acids is 1. The standard InChI is InChI=1S/C19H19Cl2N5O2/c1-3-6-26-18(7-11(2)25-26)24-17-9-16(14(21)10-22-17)23-15-5-4-12(20)8-13(15)19(27)28/h4-5,7-10H,3,6H2,1-2H3,(H,27,28)(H2,22,23,24). The van der Waals surface area contributed by atoms with Gasteiger partial charge in [0.1, 0.15) is 11.6 Å². The highest BCUT2D eigenvalue weighted by atomic mass is 35.5. The highest BCUT2D eigenvalue weighted by Gasteiger charge is 2.13. The smallest absolute Gasteiger partial charge is 0.337 e. The van der Waals surface area contributed by atoms with Crippen molar-refractivity contribution in [2.45, 2.75) is 26.8 Å². The van der Waals surface area contributed by atoms with E-state index in [9.17, 15) is 9.90 Å². The number of anilines is 4. The van der Waals surface area contributed by atoms with Gasteiger partial charge in [0.25, 0.3) is 0 Å². The molecule has 0 spiro atoms. The normalized spacial score (nSPS) is 10.7. The van der Waals surface area contributed by atoms with Crippen LogP contribution in [0.4, 0.5) is 23.0 Å². The van der Waals surface area contributed by atoms with E-state index >= 15 is 0 Å². The number of carbonyl (C=O) groups is 1. The summed E-state index contributed by atoms with van der Waals surface area (Å²) < 4.78 is 1.88. The molecule has 9 heteroatoms. The number of hydrogen-bond acceptors (Lipinski definition) is 5. The molecule has 0 unspecified atom stereocenters. The summed E-state index contributed by atoms with van der Waals surface area (Å²) in [7, 11) is 0. The summed E-state index contributed by atoms with van der Waals surface area (Å²) in [6.45, 7) is 4.78. The Hall–Kier alpha value is -2.77. The second-order valence-electron chi connectivity index (χ2n) is 6.19.